The molecule has 0 amide bonds. The minimum atomic E-state index is 0.706. The van der Waals surface area contributed by atoms with Gasteiger partial charge in [-0.15, -0.1) is 0 Å². The number of aromatic nitrogens is 2. The fourth-order valence-electron chi connectivity index (χ4n) is 2.08. The predicted octanol–water partition coefficient (Wildman–Crippen LogP) is 1.51. The average Bonchev–Trinajstić information content (AvgIpc) is 2.99. The van der Waals surface area contributed by atoms with Crippen molar-refractivity contribution in [2.24, 2.45) is 0 Å². The van der Waals surface area contributed by atoms with Crippen LogP contribution in [0.4, 0.5) is 0 Å². The number of aryl methyl sites for hydroxylation is 1. The van der Waals surface area contributed by atoms with Crippen molar-refractivity contribution < 1.29 is 4.52 Å². The minimum Gasteiger partial charge on any atom is -0.338 e. The lowest BCUT2D eigenvalue weighted by molar-refractivity contribution is 0.203. The quantitative estimate of drug-likeness (QED) is 0.910. The Balaban J connectivity index is 1.71. The summed E-state index contributed by atoms with van der Waals surface area (Å²) < 4.78 is 5.33. The third-order valence-corrected chi connectivity index (χ3v) is 3.99. The zero-order valence-electron chi connectivity index (χ0n) is 10.3. The Labute approximate surface area is 110 Å². The summed E-state index contributed by atoms with van der Waals surface area (Å²) in [6.45, 7) is 6.95. The second-order valence-electron chi connectivity index (χ2n) is 4.51. The summed E-state index contributed by atoms with van der Waals surface area (Å²) >= 11 is 1.67. The van der Waals surface area contributed by atoms with Gasteiger partial charge >= 0.3 is 0 Å². The Bertz CT molecular complexity index is 516. The van der Waals surface area contributed by atoms with E-state index in [1.54, 1.807) is 11.3 Å². The Morgan fingerprint density at radius 3 is 2.94 bits per heavy atom. The van der Waals surface area contributed by atoms with Gasteiger partial charge in [0.1, 0.15) is 0 Å². The van der Waals surface area contributed by atoms with Crippen LogP contribution in [0.5, 0.6) is 0 Å². The molecule has 2 aromatic rings. The number of nitrogens with zero attached hydrogens (tertiary/aromatic N) is 3. The van der Waals surface area contributed by atoms with E-state index in [-0.39, 0.29) is 0 Å². The van der Waals surface area contributed by atoms with Crippen molar-refractivity contribution in [1.82, 2.24) is 20.4 Å². The molecule has 1 fully saturated rings. The van der Waals surface area contributed by atoms with Gasteiger partial charge in [0.25, 0.3) is 0 Å². The van der Waals surface area contributed by atoms with Crippen LogP contribution in [0.2, 0.25) is 0 Å². The normalized spacial score (nSPS) is 17.2. The van der Waals surface area contributed by atoms with Gasteiger partial charge < -0.3 is 9.84 Å². The first-order valence-electron chi connectivity index (χ1n) is 6.12. The second kappa shape index (κ2) is 5.17. The zero-order chi connectivity index (χ0) is 12.4. The molecule has 2 aromatic heterocycles. The van der Waals surface area contributed by atoms with Crippen LogP contribution in [0.15, 0.2) is 15.3 Å². The highest BCUT2D eigenvalue weighted by Crippen LogP contribution is 2.24. The first kappa shape index (κ1) is 11.8. The molecule has 1 aliphatic rings. The largest absolute Gasteiger partial charge is 0.338 e. The number of nitrogens with one attached hydrogen (secondary N) is 1. The lowest BCUT2D eigenvalue weighted by Crippen LogP contribution is -2.42. The zero-order valence-corrected chi connectivity index (χ0v) is 11.2. The molecule has 0 saturated carbocycles. The van der Waals surface area contributed by atoms with Gasteiger partial charge in [-0.25, -0.2) is 0 Å². The van der Waals surface area contributed by atoms with Crippen molar-refractivity contribution >= 4 is 11.3 Å². The molecule has 0 atom stereocenters. The third kappa shape index (κ3) is 2.45. The van der Waals surface area contributed by atoms with Gasteiger partial charge in [-0.1, -0.05) is 5.16 Å². The maximum absolute atomic E-state index is 5.33. The fraction of sp³-hybridized carbons (Fsp3) is 0.500. The summed E-state index contributed by atoms with van der Waals surface area (Å²) in [6, 6.07) is 0. The van der Waals surface area contributed by atoms with Crippen molar-refractivity contribution in [3.8, 4) is 11.4 Å². The van der Waals surface area contributed by atoms with E-state index in [9.17, 15) is 0 Å². The maximum Gasteiger partial charge on any atom is 0.241 e. The van der Waals surface area contributed by atoms with E-state index in [2.05, 4.69) is 38.0 Å². The number of hydrogen-bond acceptors (Lipinski definition) is 6. The summed E-state index contributed by atoms with van der Waals surface area (Å²) in [6.07, 6.45) is 0. The molecule has 5 nitrogen and oxygen atoms in total. The summed E-state index contributed by atoms with van der Waals surface area (Å²) in [7, 11) is 0. The minimum absolute atomic E-state index is 0.706. The van der Waals surface area contributed by atoms with Crippen molar-refractivity contribution in [2.75, 3.05) is 26.2 Å². The van der Waals surface area contributed by atoms with Gasteiger partial charge in [0.2, 0.25) is 11.7 Å². The highest BCUT2D eigenvalue weighted by atomic mass is 32.1. The monoisotopic (exact) mass is 264 g/mol. The molecule has 3 rings (SSSR count). The smallest absolute Gasteiger partial charge is 0.241 e. The predicted molar refractivity (Wildman–Crippen MR) is 70.5 cm³/mol. The summed E-state index contributed by atoms with van der Waals surface area (Å²) in [4.78, 5) is 6.80. The van der Waals surface area contributed by atoms with Crippen LogP contribution in [-0.2, 0) is 6.54 Å². The molecular formula is C12H16N4OS. The number of rotatable bonds is 3. The standard InChI is InChI=1S/C12H16N4OS/c1-9-7-18-8-10(9)12-14-11(17-15-12)6-16-4-2-13-3-5-16/h7-8,13H,2-6H2,1H3. The molecule has 1 saturated heterocycles. The average molecular weight is 264 g/mol. The number of piperazine rings is 1. The molecule has 96 valence electrons. The van der Waals surface area contributed by atoms with Crippen molar-refractivity contribution in [3.05, 3.63) is 22.2 Å². The van der Waals surface area contributed by atoms with Gasteiger partial charge in [0.15, 0.2) is 0 Å². The molecule has 0 aliphatic carbocycles. The fourth-order valence-corrected chi connectivity index (χ4v) is 2.91. The van der Waals surface area contributed by atoms with Crippen molar-refractivity contribution in [2.45, 2.75) is 13.5 Å². The van der Waals surface area contributed by atoms with Gasteiger partial charge in [0.05, 0.1) is 6.54 Å². The van der Waals surface area contributed by atoms with Crippen molar-refractivity contribution in [3.63, 3.8) is 0 Å². The second-order valence-corrected chi connectivity index (χ2v) is 5.25. The van der Waals surface area contributed by atoms with E-state index in [0.717, 1.165) is 38.3 Å². The van der Waals surface area contributed by atoms with Crippen molar-refractivity contribution in [1.29, 1.82) is 0 Å². The van der Waals surface area contributed by atoms with E-state index in [0.29, 0.717) is 11.7 Å². The molecule has 1 N–H and O–H groups in total. The summed E-state index contributed by atoms with van der Waals surface area (Å²) in [5, 5.41) is 11.6. The van der Waals surface area contributed by atoms with E-state index in [4.69, 9.17) is 4.52 Å². The molecule has 0 unspecified atom stereocenters. The third-order valence-electron chi connectivity index (χ3n) is 3.13. The van der Waals surface area contributed by atoms with Gasteiger partial charge in [-0.05, 0) is 17.9 Å². The van der Waals surface area contributed by atoms with Gasteiger partial charge in [0, 0.05) is 37.1 Å². The van der Waals surface area contributed by atoms with Gasteiger partial charge in [-0.2, -0.15) is 16.3 Å². The van der Waals surface area contributed by atoms with Crippen LogP contribution in [0, 0.1) is 6.92 Å². The molecule has 0 radical (unpaired) electrons. The summed E-state index contributed by atoms with van der Waals surface area (Å²) in [5.74, 6) is 1.41. The highest BCUT2D eigenvalue weighted by Gasteiger charge is 2.16. The van der Waals surface area contributed by atoms with Crippen LogP contribution in [-0.4, -0.2) is 41.2 Å². The lowest BCUT2D eigenvalue weighted by Gasteiger charge is -2.25. The molecule has 3 heterocycles. The molecule has 18 heavy (non-hydrogen) atoms. The molecule has 6 heteroatoms. The summed E-state index contributed by atoms with van der Waals surface area (Å²) in [5.41, 5.74) is 2.28. The van der Waals surface area contributed by atoms with Crippen LogP contribution >= 0.6 is 11.3 Å². The first-order valence-corrected chi connectivity index (χ1v) is 7.06. The number of hydrogen-bond donors (Lipinski definition) is 1. The van der Waals surface area contributed by atoms with E-state index < -0.39 is 0 Å². The molecule has 0 spiro atoms. The Kier molecular flexibility index (Phi) is 3.40. The highest BCUT2D eigenvalue weighted by molar-refractivity contribution is 7.08. The van der Waals surface area contributed by atoms with Crippen LogP contribution in [0.1, 0.15) is 11.5 Å². The molecule has 0 bridgehead atoms. The van der Waals surface area contributed by atoms with E-state index in [1.165, 1.54) is 5.56 Å². The Morgan fingerprint density at radius 1 is 1.39 bits per heavy atom. The molecule has 0 aromatic carbocycles. The maximum atomic E-state index is 5.33. The van der Waals surface area contributed by atoms with Gasteiger partial charge in [-0.3, -0.25) is 4.90 Å². The lowest BCUT2D eigenvalue weighted by atomic mass is 10.2. The molecular weight excluding hydrogens is 248 g/mol. The topological polar surface area (TPSA) is 54.2 Å². The molecule has 1 aliphatic heterocycles. The number of thiophene rings is 1. The first-order chi connectivity index (χ1) is 8.83. The SMILES string of the molecule is Cc1cscc1-c1noc(CN2CCNCC2)n1. The van der Waals surface area contributed by atoms with E-state index in [1.807, 2.05) is 0 Å². The van der Waals surface area contributed by atoms with E-state index >= 15 is 0 Å². The van der Waals surface area contributed by atoms with Crippen LogP contribution in [0.3, 0.4) is 0 Å². The Hall–Kier alpha value is -1.24. The Morgan fingerprint density at radius 2 is 2.22 bits per heavy atom. The van der Waals surface area contributed by atoms with Crippen LogP contribution in [0.25, 0.3) is 11.4 Å². The van der Waals surface area contributed by atoms with Crippen LogP contribution < -0.4 is 5.32 Å².